The van der Waals surface area contributed by atoms with E-state index < -0.39 is 10.0 Å². The summed E-state index contributed by atoms with van der Waals surface area (Å²) in [6.45, 7) is 1.71. The molecule has 1 aromatic heterocycles. The molecule has 7 heteroatoms. The molecule has 3 rings (SSSR count). The van der Waals surface area contributed by atoms with E-state index in [1.807, 2.05) is 35.7 Å². The Balaban J connectivity index is 1.83. The van der Waals surface area contributed by atoms with Gasteiger partial charge in [0.1, 0.15) is 0 Å². The van der Waals surface area contributed by atoms with Crippen molar-refractivity contribution < 1.29 is 8.42 Å². The molecule has 0 unspecified atom stereocenters. The highest BCUT2D eigenvalue weighted by atomic mass is 32.2. The van der Waals surface area contributed by atoms with Gasteiger partial charge < -0.3 is 5.32 Å². The number of thiazole rings is 1. The Bertz CT molecular complexity index is 935. The van der Waals surface area contributed by atoms with Crippen molar-refractivity contribution in [3.8, 4) is 11.3 Å². The van der Waals surface area contributed by atoms with Crippen LogP contribution in [0.3, 0.4) is 0 Å². The molecule has 0 saturated heterocycles. The average Bonchev–Trinajstić information content (AvgIpc) is 2.95. The fourth-order valence-electron chi connectivity index (χ4n) is 2.24. The van der Waals surface area contributed by atoms with Gasteiger partial charge in [-0.25, -0.2) is 18.5 Å². The van der Waals surface area contributed by atoms with Crippen molar-refractivity contribution in [1.29, 1.82) is 0 Å². The largest absolute Gasteiger partial charge is 0.332 e. The molecule has 0 radical (unpaired) electrons. The van der Waals surface area contributed by atoms with E-state index in [1.165, 1.54) is 17.4 Å². The molecule has 3 aromatic rings. The molecule has 0 bridgehead atoms. The monoisotopic (exact) mass is 345 g/mol. The summed E-state index contributed by atoms with van der Waals surface area (Å²) in [5, 5.41) is 11.1. The van der Waals surface area contributed by atoms with Crippen molar-refractivity contribution >= 4 is 32.2 Å². The van der Waals surface area contributed by atoms with E-state index in [0.717, 1.165) is 22.1 Å². The SMILES string of the molecule is Cc1cc(Nc2nc(-c3ccccc3)cs2)ccc1S(N)(=O)=O. The number of rotatable bonds is 4. The van der Waals surface area contributed by atoms with Gasteiger partial charge in [0.2, 0.25) is 10.0 Å². The molecule has 0 amide bonds. The summed E-state index contributed by atoms with van der Waals surface area (Å²) in [4.78, 5) is 4.67. The van der Waals surface area contributed by atoms with Gasteiger partial charge in [0.15, 0.2) is 5.13 Å². The van der Waals surface area contributed by atoms with E-state index in [1.54, 1.807) is 19.1 Å². The van der Waals surface area contributed by atoms with Gasteiger partial charge in [0, 0.05) is 16.6 Å². The zero-order valence-electron chi connectivity index (χ0n) is 12.4. The number of nitrogens with two attached hydrogens (primary N) is 1. The Morgan fingerprint density at radius 1 is 1.13 bits per heavy atom. The predicted molar refractivity (Wildman–Crippen MR) is 93.4 cm³/mol. The molecule has 118 valence electrons. The third kappa shape index (κ3) is 3.58. The van der Waals surface area contributed by atoms with E-state index in [4.69, 9.17) is 5.14 Å². The number of anilines is 2. The normalized spacial score (nSPS) is 11.4. The van der Waals surface area contributed by atoms with Gasteiger partial charge in [-0.1, -0.05) is 30.3 Å². The van der Waals surface area contributed by atoms with Crippen LogP contribution in [0.4, 0.5) is 10.8 Å². The quantitative estimate of drug-likeness (QED) is 0.758. The molecule has 0 aliphatic heterocycles. The molecule has 0 atom stereocenters. The summed E-state index contributed by atoms with van der Waals surface area (Å²) in [6.07, 6.45) is 0. The zero-order chi connectivity index (χ0) is 16.4. The number of nitrogens with zero attached hydrogens (tertiary/aromatic N) is 1. The Hall–Kier alpha value is -2.22. The van der Waals surface area contributed by atoms with Crippen LogP contribution in [0.5, 0.6) is 0 Å². The number of hydrogen-bond acceptors (Lipinski definition) is 5. The summed E-state index contributed by atoms with van der Waals surface area (Å²) in [7, 11) is -3.70. The maximum atomic E-state index is 11.4. The van der Waals surface area contributed by atoms with Crippen LogP contribution in [0.2, 0.25) is 0 Å². The highest BCUT2D eigenvalue weighted by Crippen LogP contribution is 2.28. The number of aryl methyl sites for hydroxylation is 1. The van der Waals surface area contributed by atoms with E-state index in [9.17, 15) is 8.42 Å². The lowest BCUT2D eigenvalue weighted by molar-refractivity contribution is 0.597. The first kappa shape index (κ1) is 15.7. The highest BCUT2D eigenvalue weighted by molar-refractivity contribution is 7.89. The molecule has 5 nitrogen and oxygen atoms in total. The van der Waals surface area contributed by atoms with Crippen molar-refractivity contribution in [1.82, 2.24) is 4.98 Å². The number of hydrogen-bond donors (Lipinski definition) is 2. The minimum Gasteiger partial charge on any atom is -0.332 e. The summed E-state index contributed by atoms with van der Waals surface area (Å²) in [6, 6.07) is 14.8. The molecule has 0 saturated carbocycles. The fraction of sp³-hybridized carbons (Fsp3) is 0.0625. The number of nitrogens with one attached hydrogen (secondary N) is 1. The summed E-state index contributed by atoms with van der Waals surface area (Å²) >= 11 is 1.49. The van der Waals surface area contributed by atoms with Gasteiger partial charge in [-0.15, -0.1) is 11.3 Å². The standard InChI is InChI=1S/C16H15N3O2S2/c1-11-9-13(7-8-15(11)23(17,20)21)18-16-19-14(10-22-16)12-5-3-2-4-6-12/h2-10H,1H3,(H,18,19)(H2,17,20,21). The lowest BCUT2D eigenvalue weighted by atomic mass is 10.2. The van der Waals surface area contributed by atoms with Crippen molar-refractivity contribution in [3.05, 3.63) is 59.5 Å². The first-order valence-corrected chi connectivity index (χ1v) is 9.27. The van der Waals surface area contributed by atoms with Crippen LogP contribution in [0.25, 0.3) is 11.3 Å². The van der Waals surface area contributed by atoms with E-state index in [-0.39, 0.29) is 4.90 Å². The second-order valence-corrected chi connectivity index (χ2v) is 7.44. The Morgan fingerprint density at radius 3 is 2.52 bits per heavy atom. The summed E-state index contributed by atoms with van der Waals surface area (Å²) in [5.41, 5.74) is 3.31. The van der Waals surface area contributed by atoms with E-state index >= 15 is 0 Å². The topological polar surface area (TPSA) is 85.1 Å². The minimum atomic E-state index is -3.70. The molecular formula is C16H15N3O2S2. The zero-order valence-corrected chi connectivity index (χ0v) is 14.0. The van der Waals surface area contributed by atoms with Crippen LogP contribution in [0, 0.1) is 6.92 Å². The molecule has 0 fully saturated rings. The van der Waals surface area contributed by atoms with Crippen LogP contribution in [0.1, 0.15) is 5.56 Å². The van der Waals surface area contributed by atoms with Gasteiger partial charge in [-0.2, -0.15) is 0 Å². The van der Waals surface area contributed by atoms with Crippen molar-refractivity contribution in [3.63, 3.8) is 0 Å². The number of primary sulfonamides is 1. The maximum absolute atomic E-state index is 11.4. The van der Waals surface area contributed by atoms with Gasteiger partial charge in [-0.05, 0) is 30.7 Å². The van der Waals surface area contributed by atoms with Crippen LogP contribution in [-0.2, 0) is 10.0 Å². The molecule has 0 aliphatic carbocycles. The summed E-state index contributed by atoms with van der Waals surface area (Å²) in [5.74, 6) is 0. The number of sulfonamides is 1. The Kier molecular flexibility index (Phi) is 4.16. The lowest BCUT2D eigenvalue weighted by Gasteiger charge is -2.07. The van der Waals surface area contributed by atoms with Crippen LogP contribution in [-0.4, -0.2) is 13.4 Å². The van der Waals surface area contributed by atoms with Gasteiger partial charge in [0.05, 0.1) is 10.6 Å². The van der Waals surface area contributed by atoms with Crippen molar-refractivity contribution in [2.75, 3.05) is 5.32 Å². The molecular weight excluding hydrogens is 330 g/mol. The smallest absolute Gasteiger partial charge is 0.238 e. The second kappa shape index (κ2) is 6.11. The van der Waals surface area contributed by atoms with Gasteiger partial charge in [0.25, 0.3) is 0 Å². The van der Waals surface area contributed by atoms with Crippen molar-refractivity contribution in [2.24, 2.45) is 5.14 Å². The fourth-order valence-corrected chi connectivity index (χ4v) is 3.75. The van der Waals surface area contributed by atoms with E-state index in [2.05, 4.69) is 10.3 Å². The third-order valence-corrected chi connectivity index (χ3v) is 5.14. The van der Waals surface area contributed by atoms with Crippen LogP contribution >= 0.6 is 11.3 Å². The number of aromatic nitrogens is 1. The molecule has 1 heterocycles. The molecule has 2 aromatic carbocycles. The maximum Gasteiger partial charge on any atom is 0.238 e. The van der Waals surface area contributed by atoms with Crippen LogP contribution in [0.15, 0.2) is 58.8 Å². The third-order valence-electron chi connectivity index (χ3n) is 3.31. The first-order chi connectivity index (χ1) is 10.9. The number of benzene rings is 2. The van der Waals surface area contributed by atoms with Crippen molar-refractivity contribution in [2.45, 2.75) is 11.8 Å². The molecule has 3 N–H and O–H groups in total. The average molecular weight is 345 g/mol. The first-order valence-electron chi connectivity index (χ1n) is 6.85. The molecule has 0 aliphatic rings. The highest BCUT2D eigenvalue weighted by Gasteiger charge is 2.12. The van der Waals surface area contributed by atoms with Gasteiger partial charge >= 0.3 is 0 Å². The predicted octanol–water partition coefficient (Wildman–Crippen LogP) is 3.51. The van der Waals surface area contributed by atoms with E-state index in [0.29, 0.717) is 5.56 Å². The Labute approximate surface area is 138 Å². The Morgan fingerprint density at radius 2 is 1.87 bits per heavy atom. The molecule has 23 heavy (non-hydrogen) atoms. The van der Waals surface area contributed by atoms with Crippen LogP contribution < -0.4 is 10.5 Å². The summed E-state index contributed by atoms with van der Waals surface area (Å²) < 4.78 is 22.9. The minimum absolute atomic E-state index is 0.132. The lowest BCUT2D eigenvalue weighted by Crippen LogP contribution is -2.13. The second-order valence-electron chi connectivity index (χ2n) is 5.05. The van der Waals surface area contributed by atoms with Gasteiger partial charge in [-0.3, -0.25) is 0 Å². The molecule has 0 spiro atoms.